The molecule has 0 aliphatic rings. The van der Waals surface area contributed by atoms with Crippen molar-refractivity contribution in [2.45, 2.75) is 17.6 Å². The van der Waals surface area contributed by atoms with Crippen LogP contribution in [0.5, 0.6) is 0 Å². The van der Waals surface area contributed by atoms with Crippen LogP contribution >= 0.6 is 35.0 Å². The van der Waals surface area contributed by atoms with Gasteiger partial charge in [-0.15, -0.1) is 23.1 Å². The number of anilines is 1. The molecule has 1 aromatic heterocycles. The molecule has 3 aromatic carbocycles. The maximum Gasteiger partial charge on any atom is 0.124 e. The number of nitrogens with zero attached hydrogens (tertiary/aromatic N) is 1. The highest BCUT2D eigenvalue weighted by Gasteiger charge is 2.06. The average molecular weight is 409 g/mol. The Hall–Kier alpha value is -1.95. The highest BCUT2D eigenvalue weighted by atomic mass is 32.2. The maximum atomic E-state index is 4.76. The molecule has 1 heterocycles. The van der Waals surface area contributed by atoms with Crippen molar-refractivity contribution in [3.05, 3.63) is 77.9 Å². The number of nitrogens with one attached hydrogen (secondary N) is 1. The number of thioether (sulfide) groups is 1. The maximum absolute atomic E-state index is 4.76. The van der Waals surface area contributed by atoms with E-state index in [2.05, 4.69) is 84.6 Å². The number of hydrogen-bond acceptors (Lipinski definition) is 5. The number of rotatable bonds is 6. The molecular formula is C22H20N2S3. The van der Waals surface area contributed by atoms with Gasteiger partial charge in [0.05, 0.1) is 10.2 Å². The molecule has 0 spiro atoms. The zero-order chi connectivity index (χ0) is 18.6. The summed E-state index contributed by atoms with van der Waals surface area (Å²) in [6, 6.07) is 23.7. The van der Waals surface area contributed by atoms with E-state index in [0.717, 1.165) is 27.5 Å². The molecule has 0 aliphatic carbocycles. The van der Waals surface area contributed by atoms with Gasteiger partial charge in [0.2, 0.25) is 0 Å². The first-order chi connectivity index (χ1) is 13.2. The number of thiazole rings is 1. The molecule has 0 saturated carbocycles. The average Bonchev–Trinajstić information content (AvgIpc) is 3.12. The standard InChI is InChI=1S/C22H20N2S3/c1-15-3-12-20-21(13-15)27-22(23-20)17-6-8-18(9-7-17)24-26-14-16-4-10-19(25-2)11-5-16/h3-13,24H,14H2,1-2H3. The van der Waals surface area contributed by atoms with E-state index < -0.39 is 0 Å². The van der Waals surface area contributed by atoms with Gasteiger partial charge in [-0.3, -0.25) is 0 Å². The predicted octanol–water partition coefficient (Wildman–Crippen LogP) is 7.25. The van der Waals surface area contributed by atoms with E-state index in [4.69, 9.17) is 4.98 Å². The lowest BCUT2D eigenvalue weighted by molar-refractivity contribution is 1.35. The summed E-state index contributed by atoms with van der Waals surface area (Å²) in [7, 11) is 0. The number of hydrogen-bond donors (Lipinski definition) is 1. The lowest BCUT2D eigenvalue weighted by atomic mass is 10.2. The van der Waals surface area contributed by atoms with Crippen LogP contribution in [0.2, 0.25) is 0 Å². The van der Waals surface area contributed by atoms with Crippen LogP contribution in [0.4, 0.5) is 5.69 Å². The van der Waals surface area contributed by atoms with Crippen molar-refractivity contribution in [3.8, 4) is 10.6 Å². The van der Waals surface area contributed by atoms with Gasteiger partial charge in [-0.05, 0) is 84.8 Å². The summed E-state index contributed by atoms with van der Waals surface area (Å²) in [5.41, 5.74) is 5.95. The monoisotopic (exact) mass is 408 g/mol. The van der Waals surface area contributed by atoms with Crippen LogP contribution in [-0.4, -0.2) is 11.2 Å². The van der Waals surface area contributed by atoms with Crippen LogP contribution in [0.1, 0.15) is 11.1 Å². The molecule has 0 radical (unpaired) electrons. The van der Waals surface area contributed by atoms with Crippen LogP contribution < -0.4 is 4.72 Å². The quantitative estimate of drug-likeness (QED) is 0.268. The third-order valence-electron chi connectivity index (χ3n) is 4.26. The lowest BCUT2D eigenvalue weighted by Gasteiger charge is -2.07. The number of aromatic nitrogens is 1. The summed E-state index contributed by atoms with van der Waals surface area (Å²) < 4.78 is 4.67. The van der Waals surface area contributed by atoms with E-state index in [9.17, 15) is 0 Å². The Balaban J connectivity index is 1.39. The summed E-state index contributed by atoms with van der Waals surface area (Å²) in [6.07, 6.45) is 2.10. The fourth-order valence-electron chi connectivity index (χ4n) is 2.76. The van der Waals surface area contributed by atoms with Gasteiger partial charge in [-0.25, -0.2) is 4.98 Å². The number of fused-ring (bicyclic) bond motifs is 1. The van der Waals surface area contributed by atoms with Gasteiger partial charge in [0, 0.05) is 21.9 Å². The Bertz CT molecular complexity index is 1040. The lowest BCUT2D eigenvalue weighted by Crippen LogP contribution is -1.89. The zero-order valence-corrected chi connectivity index (χ0v) is 17.7. The Morgan fingerprint density at radius 3 is 2.48 bits per heavy atom. The minimum Gasteiger partial charge on any atom is -0.329 e. The minimum absolute atomic E-state index is 0.938. The van der Waals surface area contributed by atoms with Crippen molar-refractivity contribution in [2.24, 2.45) is 0 Å². The van der Waals surface area contributed by atoms with Crippen molar-refractivity contribution in [3.63, 3.8) is 0 Å². The van der Waals surface area contributed by atoms with E-state index in [1.165, 1.54) is 20.7 Å². The van der Waals surface area contributed by atoms with Crippen molar-refractivity contribution in [1.82, 2.24) is 4.98 Å². The van der Waals surface area contributed by atoms with E-state index >= 15 is 0 Å². The summed E-state index contributed by atoms with van der Waals surface area (Å²) >= 11 is 5.23. The van der Waals surface area contributed by atoms with Crippen LogP contribution in [-0.2, 0) is 5.75 Å². The van der Waals surface area contributed by atoms with Crippen LogP contribution in [0.3, 0.4) is 0 Å². The SMILES string of the molecule is CSc1ccc(CSNc2ccc(-c3nc4ccc(C)cc4s3)cc2)cc1. The Morgan fingerprint density at radius 1 is 0.963 bits per heavy atom. The van der Waals surface area contributed by atoms with Crippen molar-refractivity contribution in [1.29, 1.82) is 0 Å². The van der Waals surface area contributed by atoms with Crippen LogP contribution in [0, 0.1) is 6.92 Å². The van der Waals surface area contributed by atoms with E-state index in [1.807, 2.05) is 0 Å². The van der Waals surface area contributed by atoms with Crippen molar-refractivity contribution < 1.29 is 0 Å². The summed E-state index contributed by atoms with van der Waals surface area (Å²) in [4.78, 5) is 6.06. The molecule has 27 heavy (non-hydrogen) atoms. The normalized spacial score (nSPS) is 11.0. The topological polar surface area (TPSA) is 24.9 Å². The molecule has 0 bridgehead atoms. The molecule has 1 N–H and O–H groups in total. The Labute approximate surface area is 172 Å². The first-order valence-corrected chi connectivity index (χ1v) is 11.7. The fraction of sp³-hybridized carbons (Fsp3) is 0.136. The van der Waals surface area contributed by atoms with Gasteiger partial charge in [0.1, 0.15) is 5.01 Å². The molecule has 4 aromatic rings. The van der Waals surface area contributed by atoms with Crippen LogP contribution in [0.25, 0.3) is 20.8 Å². The van der Waals surface area contributed by atoms with Gasteiger partial charge >= 0.3 is 0 Å². The third-order valence-corrected chi connectivity index (χ3v) is 6.93. The van der Waals surface area contributed by atoms with Gasteiger partial charge in [-0.2, -0.15) is 0 Å². The van der Waals surface area contributed by atoms with Gasteiger partial charge in [0.15, 0.2) is 0 Å². The number of benzene rings is 3. The molecule has 5 heteroatoms. The Morgan fingerprint density at radius 2 is 1.74 bits per heavy atom. The predicted molar refractivity (Wildman–Crippen MR) is 123 cm³/mol. The molecule has 0 unspecified atom stereocenters. The Kier molecular flexibility index (Phi) is 5.72. The van der Waals surface area contributed by atoms with Crippen molar-refractivity contribution >= 4 is 51.0 Å². The molecule has 136 valence electrons. The summed E-state index contributed by atoms with van der Waals surface area (Å²) in [6.45, 7) is 2.12. The number of aryl methyl sites for hydroxylation is 1. The summed E-state index contributed by atoms with van der Waals surface area (Å²) in [5, 5.41) is 1.07. The molecule has 0 fully saturated rings. The second kappa shape index (κ2) is 8.38. The van der Waals surface area contributed by atoms with Crippen molar-refractivity contribution in [2.75, 3.05) is 11.0 Å². The van der Waals surface area contributed by atoms with E-state index in [-0.39, 0.29) is 0 Å². The first-order valence-electron chi connectivity index (χ1n) is 8.69. The molecule has 0 saturated heterocycles. The third kappa shape index (κ3) is 4.49. The molecule has 4 rings (SSSR count). The minimum atomic E-state index is 0.938. The van der Waals surface area contributed by atoms with Gasteiger partial charge in [0.25, 0.3) is 0 Å². The fourth-order valence-corrected chi connectivity index (χ4v) is 4.97. The first kappa shape index (κ1) is 18.4. The molecule has 2 nitrogen and oxygen atoms in total. The van der Waals surface area contributed by atoms with E-state index in [1.54, 1.807) is 35.0 Å². The zero-order valence-electron chi connectivity index (χ0n) is 15.2. The highest BCUT2D eigenvalue weighted by molar-refractivity contribution is 7.99. The highest BCUT2D eigenvalue weighted by Crippen LogP contribution is 2.31. The largest absolute Gasteiger partial charge is 0.329 e. The van der Waals surface area contributed by atoms with Crippen LogP contribution in [0.15, 0.2) is 71.6 Å². The smallest absolute Gasteiger partial charge is 0.124 e. The second-order valence-corrected chi connectivity index (χ2v) is 9.00. The summed E-state index contributed by atoms with van der Waals surface area (Å²) in [5.74, 6) is 0.938. The van der Waals surface area contributed by atoms with E-state index in [0.29, 0.717) is 0 Å². The van der Waals surface area contributed by atoms with Gasteiger partial charge < -0.3 is 4.72 Å². The van der Waals surface area contributed by atoms with Gasteiger partial charge in [-0.1, -0.05) is 18.2 Å². The second-order valence-electron chi connectivity index (χ2n) is 6.31. The molecule has 0 atom stereocenters. The molecular weight excluding hydrogens is 388 g/mol. The molecule has 0 amide bonds. The molecule has 0 aliphatic heterocycles.